The molecule has 0 saturated carbocycles. The van der Waals surface area contributed by atoms with Gasteiger partial charge in [-0.3, -0.25) is 0 Å². The average molecular weight is 400 g/mol. The summed E-state index contributed by atoms with van der Waals surface area (Å²) < 4.78 is 1.26. The van der Waals surface area contributed by atoms with Crippen molar-refractivity contribution in [2.24, 2.45) is 0 Å². The molecular formula is C17H19ClIN. The smallest absolute Gasteiger partial charge is 0.0579 e. The number of benzene rings is 2. The van der Waals surface area contributed by atoms with Crippen LogP contribution in [0.5, 0.6) is 0 Å². The van der Waals surface area contributed by atoms with Crippen LogP contribution in [0, 0.1) is 17.4 Å². The Morgan fingerprint density at radius 1 is 1.10 bits per heavy atom. The molecular weight excluding hydrogens is 381 g/mol. The highest BCUT2D eigenvalue weighted by atomic mass is 127. The molecule has 0 fully saturated rings. The SMILES string of the molecule is CCNC(c1ccc(I)cc1)c1cc(C)c(Cl)cc1C. The van der Waals surface area contributed by atoms with E-state index in [0.29, 0.717) is 0 Å². The fraction of sp³-hybridized carbons (Fsp3) is 0.294. The molecule has 0 saturated heterocycles. The molecule has 0 aliphatic rings. The molecule has 20 heavy (non-hydrogen) atoms. The maximum atomic E-state index is 6.21. The lowest BCUT2D eigenvalue weighted by Gasteiger charge is -2.22. The lowest BCUT2D eigenvalue weighted by atomic mass is 9.93. The summed E-state index contributed by atoms with van der Waals surface area (Å²) >= 11 is 8.55. The second-order valence-corrected chi connectivity index (χ2v) is 6.65. The van der Waals surface area contributed by atoms with Crippen molar-refractivity contribution in [2.75, 3.05) is 6.54 Å². The standard InChI is InChI=1S/C17H19ClIN/c1-4-20-17(13-5-7-14(19)8-6-13)15-9-12(3)16(18)10-11(15)2/h5-10,17,20H,4H2,1-3H3. The van der Waals surface area contributed by atoms with Gasteiger partial charge in [-0.15, -0.1) is 0 Å². The molecule has 0 radical (unpaired) electrons. The molecule has 0 aliphatic carbocycles. The Kier molecular flexibility index (Phi) is 5.47. The van der Waals surface area contributed by atoms with Gasteiger partial charge in [0, 0.05) is 8.59 Å². The first kappa shape index (κ1) is 15.8. The van der Waals surface area contributed by atoms with Gasteiger partial charge in [0.05, 0.1) is 6.04 Å². The van der Waals surface area contributed by atoms with Crippen LogP contribution in [0.4, 0.5) is 0 Å². The number of halogens is 2. The minimum absolute atomic E-state index is 0.216. The van der Waals surface area contributed by atoms with Gasteiger partial charge < -0.3 is 5.32 Å². The zero-order valence-corrected chi connectivity index (χ0v) is 14.9. The fourth-order valence-electron chi connectivity index (χ4n) is 2.38. The molecule has 1 atom stereocenters. The molecule has 2 aromatic carbocycles. The Bertz CT molecular complexity index is 593. The van der Waals surface area contributed by atoms with Crippen molar-refractivity contribution in [2.45, 2.75) is 26.8 Å². The maximum absolute atomic E-state index is 6.21. The third-order valence-corrected chi connectivity index (χ3v) is 4.60. The first-order valence-electron chi connectivity index (χ1n) is 6.78. The van der Waals surface area contributed by atoms with Gasteiger partial charge in [-0.25, -0.2) is 0 Å². The molecule has 2 rings (SSSR count). The number of hydrogen-bond acceptors (Lipinski definition) is 1. The number of hydrogen-bond donors (Lipinski definition) is 1. The highest BCUT2D eigenvalue weighted by Gasteiger charge is 2.16. The average Bonchev–Trinajstić information content (AvgIpc) is 2.42. The van der Waals surface area contributed by atoms with E-state index in [-0.39, 0.29) is 6.04 Å². The summed E-state index contributed by atoms with van der Waals surface area (Å²) in [6.07, 6.45) is 0. The Balaban J connectivity index is 2.48. The van der Waals surface area contributed by atoms with E-state index in [1.165, 1.54) is 20.3 Å². The van der Waals surface area contributed by atoms with E-state index >= 15 is 0 Å². The van der Waals surface area contributed by atoms with Crippen LogP contribution >= 0.6 is 34.2 Å². The summed E-state index contributed by atoms with van der Waals surface area (Å²) in [4.78, 5) is 0. The minimum Gasteiger partial charge on any atom is -0.307 e. The van der Waals surface area contributed by atoms with Gasteiger partial charge in [-0.1, -0.05) is 36.7 Å². The van der Waals surface area contributed by atoms with E-state index in [0.717, 1.165) is 17.1 Å². The lowest BCUT2D eigenvalue weighted by Crippen LogP contribution is -2.23. The van der Waals surface area contributed by atoms with Crippen molar-refractivity contribution in [1.82, 2.24) is 5.32 Å². The second kappa shape index (κ2) is 6.92. The molecule has 2 aromatic rings. The topological polar surface area (TPSA) is 12.0 Å². The summed E-state index contributed by atoms with van der Waals surface area (Å²) in [5.74, 6) is 0. The van der Waals surface area contributed by atoms with Crippen molar-refractivity contribution in [3.8, 4) is 0 Å². The van der Waals surface area contributed by atoms with Crippen molar-refractivity contribution >= 4 is 34.2 Å². The zero-order valence-electron chi connectivity index (χ0n) is 12.0. The molecule has 1 N–H and O–H groups in total. The van der Waals surface area contributed by atoms with Crippen molar-refractivity contribution in [1.29, 1.82) is 0 Å². The first-order valence-corrected chi connectivity index (χ1v) is 8.24. The summed E-state index contributed by atoms with van der Waals surface area (Å²) in [5, 5.41) is 4.41. The normalized spacial score (nSPS) is 12.4. The summed E-state index contributed by atoms with van der Waals surface area (Å²) in [6.45, 7) is 7.25. The van der Waals surface area contributed by atoms with E-state index in [1.807, 2.05) is 0 Å². The maximum Gasteiger partial charge on any atom is 0.0579 e. The molecule has 0 aromatic heterocycles. The van der Waals surface area contributed by atoms with Gasteiger partial charge >= 0.3 is 0 Å². The molecule has 0 aliphatic heterocycles. The Morgan fingerprint density at radius 2 is 1.75 bits per heavy atom. The highest BCUT2D eigenvalue weighted by Crippen LogP contribution is 2.29. The summed E-state index contributed by atoms with van der Waals surface area (Å²) in [7, 11) is 0. The van der Waals surface area contributed by atoms with Crippen LogP contribution in [0.25, 0.3) is 0 Å². The molecule has 0 amide bonds. The Morgan fingerprint density at radius 3 is 2.35 bits per heavy atom. The van der Waals surface area contributed by atoms with Crippen LogP contribution in [0.3, 0.4) is 0 Å². The van der Waals surface area contributed by atoms with Crippen LogP contribution in [0.15, 0.2) is 36.4 Å². The number of aryl methyl sites for hydroxylation is 2. The second-order valence-electron chi connectivity index (χ2n) is 5.00. The first-order chi connectivity index (χ1) is 9.52. The van der Waals surface area contributed by atoms with Gasteiger partial charge in [-0.05, 0) is 83.4 Å². The van der Waals surface area contributed by atoms with Crippen LogP contribution < -0.4 is 5.32 Å². The monoisotopic (exact) mass is 399 g/mol. The Hall–Kier alpha value is -0.580. The molecule has 1 nitrogen and oxygen atoms in total. The van der Waals surface area contributed by atoms with E-state index in [4.69, 9.17) is 11.6 Å². The molecule has 3 heteroatoms. The lowest BCUT2D eigenvalue weighted by molar-refractivity contribution is 0.627. The minimum atomic E-state index is 0.216. The summed E-state index contributed by atoms with van der Waals surface area (Å²) in [5.41, 5.74) is 4.94. The third kappa shape index (κ3) is 3.54. The molecule has 1 unspecified atom stereocenters. The van der Waals surface area contributed by atoms with Crippen LogP contribution in [-0.4, -0.2) is 6.54 Å². The Labute approximate surface area is 139 Å². The van der Waals surface area contributed by atoms with Crippen LogP contribution in [0.1, 0.15) is 35.2 Å². The van der Waals surface area contributed by atoms with E-state index in [9.17, 15) is 0 Å². The van der Waals surface area contributed by atoms with E-state index in [1.54, 1.807) is 0 Å². The molecule has 0 heterocycles. The van der Waals surface area contributed by atoms with E-state index < -0.39 is 0 Å². The fourth-order valence-corrected chi connectivity index (χ4v) is 2.96. The van der Waals surface area contributed by atoms with Gasteiger partial charge in [0.25, 0.3) is 0 Å². The van der Waals surface area contributed by atoms with Crippen LogP contribution in [-0.2, 0) is 0 Å². The van der Waals surface area contributed by atoms with Crippen LogP contribution in [0.2, 0.25) is 5.02 Å². The number of rotatable bonds is 4. The van der Waals surface area contributed by atoms with Gasteiger partial charge in [0.15, 0.2) is 0 Å². The number of nitrogens with one attached hydrogen (secondary N) is 1. The highest BCUT2D eigenvalue weighted by molar-refractivity contribution is 14.1. The van der Waals surface area contributed by atoms with Crippen molar-refractivity contribution in [3.05, 3.63) is 67.2 Å². The van der Waals surface area contributed by atoms with Gasteiger partial charge in [-0.2, -0.15) is 0 Å². The van der Waals surface area contributed by atoms with Gasteiger partial charge in [0.1, 0.15) is 0 Å². The molecule has 106 valence electrons. The zero-order chi connectivity index (χ0) is 14.7. The molecule has 0 bridgehead atoms. The van der Waals surface area contributed by atoms with Gasteiger partial charge in [0.2, 0.25) is 0 Å². The predicted octanol–water partition coefficient (Wildman–Crippen LogP) is 5.26. The van der Waals surface area contributed by atoms with Crippen molar-refractivity contribution in [3.63, 3.8) is 0 Å². The molecule has 0 spiro atoms. The third-order valence-electron chi connectivity index (χ3n) is 3.47. The largest absolute Gasteiger partial charge is 0.307 e. The quantitative estimate of drug-likeness (QED) is 0.692. The summed E-state index contributed by atoms with van der Waals surface area (Å²) in [6, 6.07) is 13.2. The predicted molar refractivity (Wildman–Crippen MR) is 95.6 cm³/mol. The van der Waals surface area contributed by atoms with Crippen molar-refractivity contribution < 1.29 is 0 Å². The van der Waals surface area contributed by atoms with E-state index in [2.05, 4.69) is 85.1 Å².